The number of rotatable bonds is 4. The zero-order valence-corrected chi connectivity index (χ0v) is 18.4. The van der Waals surface area contributed by atoms with Gasteiger partial charge in [0.25, 0.3) is 0 Å². The number of H-pyrrole nitrogens is 1. The summed E-state index contributed by atoms with van der Waals surface area (Å²) in [6.45, 7) is 3.95. The van der Waals surface area contributed by atoms with Crippen molar-refractivity contribution in [3.8, 4) is 11.5 Å². The van der Waals surface area contributed by atoms with E-state index in [0.717, 1.165) is 30.9 Å². The number of anilines is 1. The van der Waals surface area contributed by atoms with E-state index in [9.17, 15) is 0 Å². The summed E-state index contributed by atoms with van der Waals surface area (Å²) in [6, 6.07) is 20.3. The molecule has 2 aromatic heterocycles. The lowest BCUT2D eigenvalue weighted by Gasteiger charge is -2.43. The minimum absolute atomic E-state index is 0.187. The van der Waals surface area contributed by atoms with Crippen molar-refractivity contribution in [1.82, 2.24) is 20.2 Å². The number of benzene rings is 2. The molecule has 2 aromatic carbocycles. The summed E-state index contributed by atoms with van der Waals surface area (Å²) >= 11 is 0. The van der Waals surface area contributed by atoms with E-state index >= 15 is 0 Å². The Morgan fingerprint density at radius 3 is 2.34 bits per heavy atom. The highest BCUT2D eigenvalue weighted by Crippen LogP contribution is 2.49. The van der Waals surface area contributed by atoms with Crippen LogP contribution >= 0.6 is 0 Å². The maximum atomic E-state index is 4.82. The number of nitrogens with zero attached hydrogens (tertiary/aromatic N) is 4. The average Bonchev–Trinajstić information content (AvgIpc) is 3.34. The van der Waals surface area contributed by atoms with E-state index in [2.05, 4.69) is 75.5 Å². The van der Waals surface area contributed by atoms with E-state index in [1.54, 1.807) is 6.20 Å². The SMILES string of the molecule is Cc1ccc(C2(c3ccc(N4CCc5cnc(-c6cc[nH]n6)nc5C4)cc3)CCC2)cc1. The van der Waals surface area contributed by atoms with Gasteiger partial charge in [-0.05, 0) is 61.1 Å². The summed E-state index contributed by atoms with van der Waals surface area (Å²) in [5.74, 6) is 0.687. The molecule has 0 radical (unpaired) electrons. The quantitative estimate of drug-likeness (QED) is 0.492. The highest BCUT2D eigenvalue weighted by Gasteiger charge is 2.40. The molecule has 3 heterocycles. The topological polar surface area (TPSA) is 57.7 Å². The summed E-state index contributed by atoms with van der Waals surface area (Å²) in [7, 11) is 0. The molecule has 1 saturated carbocycles. The van der Waals surface area contributed by atoms with E-state index < -0.39 is 0 Å². The van der Waals surface area contributed by atoms with Gasteiger partial charge in [0.05, 0.1) is 12.2 Å². The fraction of sp³-hybridized carbons (Fsp3) is 0.296. The van der Waals surface area contributed by atoms with Crippen LogP contribution in [0.5, 0.6) is 0 Å². The molecule has 2 aliphatic rings. The molecular formula is C27H27N5. The van der Waals surface area contributed by atoms with Gasteiger partial charge >= 0.3 is 0 Å². The lowest BCUT2D eigenvalue weighted by molar-refractivity contribution is 0.301. The smallest absolute Gasteiger partial charge is 0.180 e. The Labute approximate surface area is 188 Å². The van der Waals surface area contributed by atoms with Gasteiger partial charge in [0.15, 0.2) is 5.82 Å². The number of nitrogens with one attached hydrogen (secondary N) is 1. The van der Waals surface area contributed by atoms with Crippen LogP contribution in [0.1, 0.15) is 47.2 Å². The van der Waals surface area contributed by atoms with Gasteiger partial charge in [0, 0.05) is 30.0 Å². The Morgan fingerprint density at radius 1 is 0.938 bits per heavy atom. The number of aryl methyl sites for hydroxylation is 1. The molecule has 0 bridgehead atoms. The Balaban J connectivity index is 1.25. The van der Waals surface area contributed by atoms with E-state index in [-0.39, 0.29) is 5.41 Å². The highest BCUT2D eigenvalue weighted by molar-refractivity contribution is 5.54. The second-order valence-electron chi connectivity index (χ2n) is 9.15. The summed E-state index contributed by atoms with van der Waals surface area (Å²) in [5.41, 5.74) is 8.80. The summed E-state index contributed by atoms with van der Waals surface area (Å²) in [6.07, 6.45) is 8.51. The lowest BCUT2D eigenvalue weighted by atomic mass is 9.60. The van der Waals surface area contributed by atoms with Crippen molar-refractivity contribution < 1.29 is 0 Å². The molecule has 5 heteroatoms. The largest absolute Gasteiger partial charge is 0.365 e. The molecule has 1 N–H and O–H groups in total. The van der Waals surface area contributed by atoms with Crippen LogP contribution in [-0.4, -0.2) is 26.7 Å². The van der Waals surface area contributed by atoms with Crippen molar-refractivity contribution in [2.24, 2.45) is 0 Å². The first kappa shape index (κ1) is 19.2. The fourth-order valence-corrected chi connectivity index (χ4v) is 5.17. The number of fused-ring (bicyclic) bond motifs is 1. The number of hydrogen-bond donors (Lipinski definition) is 1. The number of hydrogen-bond acceptors (Lipinski definition) is 4. The molecule has 0 spiro atoms. The Hall–Kier alpha value is -3.47. The van der Waals surface area contributed by atoms with E-state index in [4.69, 9.17) is 4.98 Å². The fourth-order valence-electron chi connectivity index (χ4n) is 5.17. The van der Waals surface area contributed by atoms with E-state index in [1.807, 2.05) is 12.3 Å². The van der Waals surface area contributed by atoms with Gasteiger partial charge < -0.3 is 4.90 Å². The number of aromatic amines is 1. The van der Waals surface area contributed by atoms with Crippen molar-refractivity contribution in [2.75, 3.05) is 11.4 Å². The standard InChI is InChI=1S/C27H27N5/c1-19-3-5-21(6-4-19)27(13-2-14-27)22-7-9-23(10-8-22)32-16-12-20-17-28-26(30-25(20)18-32)24-11-15-29-31-24/h3-11,15,17H,2,12-14,16,18H2,1H3,(H,29,31). The second kappa shape index (κ2) is 7.59. The molecular weight excluding hydrogens is 394 g/mol. The molecule has 160 valence electrons. The van der Waals surface area contributed by atoms with Gasteiger partial charge in [0.1, 0.15) is 5.69 Å². The first-order chi connectivity index (χ1) is 15.7. The minimum atomic E-state index is 0.187. The van der Waals surface area contributed by atoms with Gasteiger partial charge in [-0.15, -0.1) is 0 Å². The summed E-state index contributed by atoms with van der Waals surface area (Å²) < 4.78 is 0. The Kier molecular flexibility index (Phi) is 4.56. The summed E-state index contributed by atoms with van der Waals surface area (Å²) in [5, 5.41) is 7.07. The zero-order chi connectivity index (χ0) is 21.5. The molecule has 0 atom stereocenters. The second-order valence-corrected chi connectivity index (χ2v) is 9.15. The van der Waals surface area contributed by atoms with Crippen molar-refractivity contribution in [2.45, 2.75) is 44.6 Å². The van der Waals surface area contributed by atoms with Crippen LogP contribution in [0.3, 0.4) is 0 Å². The molecule has 6 rings (SSSR count). The molecule has 1 fully saturated rings. The molecule has 0 amide bonds. The van der Waals surface area contributed by atoms with Gasteiger partial charge in [-0.2, -0.15) is 5.10 Å². The van der Waals surface area contributed by atoms with Crippen LogP contribution in [0.2, 0.25) is 0 Å². The third-order valence-electron chi connectivity index (χ3n) is 7.27. The van der Waals surface area contributed by atoms with E-state index in [1.165, 1.54) is 47.2 Å². The van der Waals surface area contributed by atoms with Crippen molar-refractivity contribution in [1.29, 1.82) is 0 Å². The molecule has 32 heavy (non-hydrogen) atoms. The van der Waals surface area contributed by atoms with Crippen molar-refractivity contribution in [3.63, 3.8) is 0 Å². The molecule has 1 aliphatic carbocycles. The van der Waals surface area contributed by atoms with Gasteiger partial charge in [0.2, 0.25) is 0 Å². The highest BCUT2D eigenvalue weighted by atomic mass is 15.2. The van der Waals surface area contributed by atoms with Crippen LogP contribution in [0.4, 0.5) is 5.69 Å². The average molecular weight is 422 g/mol. The van der Waals surface area contributed by atoms with Gasteiger partial charge in [-0.1, -0.05) is 48.4 Å². The van der Waals surface area contributed by atoms with Crippen molar-refractivity contribution in [3.05, 3.63) is 94.9 Å². The lowest BCUT2D eigenvalue weighted by Crippen LogP contribution is -2.35. The molecule has 5 nitrogen and oxygen atoms in total. The van der Waals surface area contributed by atoms with Gasteiger partial charge in [-0.25, -0.2) is 9.97 Å². The minimum Gasteiger partial charge on any atom is -0.365 e. The zero-order valence-electron chi connectivity index (χ0n) is 18.4. The maximum Gasteiger partial charge on any atom is 0.180 e. The normalized spacial score (nSPS) is 17.0. The first-order valence-electron chi connectivity index (χ1n) is 11.5. The van der Waals surface area contributed by atoms with Crippen LogP contribution in [-0.2, 0) is 18.4 Å². The predicted octanol–water partition coefficient (Wildman–Crippen LogP) is 5.21. The van der Waals surface area contributed by atoms with Crippen LogP contribution in [0.25, 0.3) is 11.5 Å². The third-order valence-corrected chi connectivity index (χ3v) is 7.27. The Morgan fingerprint density at radius 2 is 1.69 bits per heavy atom. The number of aromatic nitrogens is 4. The van der Waals surface area contributed by atoms with Crippen LogP contribution in [0.15, 0.2) is 67.0 Å². The Bertz CT molecular complexity index is 1220. The predicted molar refractivity (Wildman–Crippen MR) is 127 cm³/mol. The molecule has 4 aromatic rings. The summed E-state index contributed by atoms with van der Waals surface area (Å²) in [4.78, 5) is 11.8. The van der Waals surface area contributed by atoms with Crippen LogP contribution < -0.4 is 4.90 Å². The monoisotopic (exact) mass is 421 g/mol. The van der Waals surface area contributed by atoms with Gasteiger partial charge in [-0.3, -0.25) is 5.10 Å². The molecule has 1 aliphatic heterocycles. The van der Waals surface area contributed by atoms with Crippen molar-refractivity contribution >= 4 is 5.69 Å². The maximum absolute atomic E-state index is 4.82. The third kappa shape index (κ3) is 3.20. The van der Waals surface area contributed by atoms with Crippen LogP contribution in [0, 0.1) is 6.92 Å². The molecule has 0 saturated heterocycles. The first-order valence-corrected chi connectivity index (χ1v) is 11.5. The molecule has 0 unspecified atom stereocenters. The van der Waals surface area contributed by atoms with E-state index in [0.29, 0.717) is 5.82 Å².